The van der Waals surface area contributed by atoms with Crippen LogP contribution in [0.2, 0.25) is 0 Å². The van der Waals surface area contributed by atoms with Crippen LogP contribution in [-0.2, 0) is 10.0 Å². The Morgan fingerprint density at radius 3 is 2.44 bits per heavy atom. The predicted molar refractivity (Wildman–Crippen MR) is 48.1 cm³/mol. The number of rotatable bonds is 2. The zero-order valence-electron chi connectivity index (χ0n) is 7.57. The van der Waals surface area contributed by atoms with Crippen LogP contribution in [0.1, 0.15) is 17.8 Å². The second-order valence-corrected chi connectivity index (χ2v) is 4.25. The van der Waals surface area contributed by atoms with Crippen molar-refractivity contribution < 1.29 is 17.2 Å². The van der Waals surface area contributed by atoms with Gasteiger partial charge in [0.25, 0.3) is 6.43 Å². The van der Waals surface area contributed by atoms with Crippen LogP contribution in [0.3, 0.4) is 0 Å². The summed E-state index contributed by atoms with van der Waals surface area (Å²) in [5.41, 5.74) is -2.88. The van der Waals surface area contributed by atoms with Gasteiger partial charge in [-0.3, -0.25) is 4.79 Å². The Bertz CT molecular complexity index is 615. The summed E-state index contributed by atoms with van der Waals surface area (Å²) in [6, 6.07) is 1.68. The zero-order chi connectivity index (χ0) is 12.5. The summed E-state index contributed by atoms with van der Waals surface area (Å²) in [6.07, 6.45) is -3.02. The van der Waals surface area contributed by atoms with E-state index in [1.807, 2.05) is 4.98 Å². The molecule has 3 N–H and O–H groups in total. The number of nitrogens with zero attached hydrogens (tertiary/aromatic N) is 1. The van der Waals surface area contributed by atoms with Gasteiger partial charge in [0.05, 0.1) is 5.69 Å². The van der Waals surface area contributed by atoms with Crippen molar-refractivity contribution in [2.24, 2.45) is 5.14 Å². The summed E-state index contributed by atoms with van der Waals surface area (Å²) in [7, 11) is -4.43. The van der Waals surface area contributed by atoms with Gasteiger partial charge in [-0.1, -0.05) is 0 Å². The number of nitrogens with two attached hydrogens (primary N) is 1. The maximum absolute atomic E-state index is 12.2. The lowest BCUT2D eigenvalue weighted by Crippen LogP contribution is -2.24. The molecule has 0 aliphatic carbocycles. The van der Waals surface area contributed by atoms with Crippen molar-refractivity contribution in [2.45, 2.75) is 11.3 Å². The zero-order valence-corrected chi connectivity index (χ0v) is 8.38. The van der Waals surface area contributed by atoms with Gasteiger partial charge in [0.1, 0.15) is 11.8 Å². The molecule has 0 saturated carbocycles. The lowest BCUT2D eigenvalue weighted by atomic mass is 10.3. The van der Waals surface area contributed by atoms with Crippen molar-refractivity contribution in [1.82, 2.24) is 4.98 Å². The maximum Gasteiger partial charge on any atom is 0.278 e. The Kier molecular flexibility index (Phi) is 3.06. The molecule has 86 valence electrons. The minimum atomic E-state index is -4.43. The van der Waals surface area contributed by atoms with Crippen LogP contribution in [0.25, 0.3) is 0 Å². The van der Waals surface area contributed by atoms with E-state index in [9.17, 15) is 22.0 Å². The average Bonchev–Trinajstić information content (AvgIpc) is 2.14. The third kappa shape index (κ3) is 2.23. The minimum absolute atomic E-state index is 0.394. The quantitative estimate of drug-likeness (QED) is 0.756. The molecule has 0 aliphatic rings. The van der Waals surface area contributed by atoms with Gasteiger partial charge in [0.2, 0.25) is 15.5 Å². The van der Waals surface area contributed by atoms with Crippen LogP contribution >= 0.6 is 0 Å². The number of H-pyrrole nitrogens is 1. The Hall–Kier alpha value is -1.79. The first-order valence-electron chi connectivity index (χ1n) is 3.75. The van der Waals surface area contributed by atoms with Crippen molar-refractivity contribution in [3.8, 4) is 6.07 Å². The standard InChI is InChI=1S/C7H5F2N3O3S/c8-7(9)3-1-5(13)6(16(11,14)15)4(2-10)12-3/h1,7H,(H,12,13)(H2,11,14,15). The van der Waals surface area contributed by atoms with Crippen LogP contribution in [0.15, 0.2) is 15.8 Å². The number of aromatic nitrogens is 1. The molecule has 0 aromatic carbocycles. The van der Waals surface area contributed by atoms with Gasteiger partial charge < -0.3 is 4.98 Å². The molecule has 0 atom stereocenters. The SMILES string of the molecule is N#Cc1[nH]c(C(F)F)cc(=O)c1S(N)(=O)=O. The fourth-order valence-corrected chi connectivity index (χ4v) is 1.77. The number of primary sulfonamides is 1. The highest BCUT2D eigenvalue weighted by molar-refractivity contribution is 7.89. The lowest BCUT2D eigenvalue weighted by molar-refractivity contribution is 0.145. The summed E-state index contributed by atoms with van der Waals surface area (Å²) in [6.45, 7) is 0. The summed E-state index contributed by atoms with van der Waals surface area (Å²) >= 11 is 0. The molecule has 1 aromatic rings. The number of nitrogens with one attached hydrogen (secondary N) is 1. The number of hydrogen-bond donors (Lipinski definition) is 2. The molecular formula is C7H5F2N3O3S. The Balaban J connectivity index is 3.69. The van der Waals surface area contributed by atoms with Gasteiger partial charge in [-0.2, -0.15) is 5.26 Å². The minimum Gasteiger partial charge on any atom is -0.344 e. The van der Waals surface area contributed by atoms with Crippen LogP contribution in [0.4, 0.5) is 8.78 Å². The van der Waals surface area contributed by atoms with Crippen LogP contribution in [-0.4, -0.2) is 13.4 Å². The number of hydrogen-bond acceptors (Lipinski definition) is 4. The first kappa shape index (κ1) is 12.3. The summed E-state index contributed by atoms with van der Waals surface area (Å²) in [5, 5.41) is 13.2. The molecular weight excluding hydrogens is 244 g/mol. The van der Waals surface area contributed by atoms with E-state index in [0.29, 0.717) is 6.07 Å². The predicted octanol–water partition coefficient (Wildman–Crippen LogP) is -0.168. The Morgan fingerprint density at radius 1 is 1.50 bits per heavy atom. The highest BCUT2D eigenvalue weighted by Crippen LogP contribution is 2.16. The summed E-state index contributed by atoms with van der Waals surface area (Å²) < 4.78 is 46.3. The molecule has 1 heterocycles. The smallest absolute Gasteiger partial charge is 0.278 e. The van der Waals surface area contributed by atoms with Crippen molar-refractivity contribution in [1.29, 1.82) is 5.26 Å². The van der Waals surface area contributed by atoms with E-state index in [4.69, 9.17) is 5.26 Å². The maximum atomic E-state index is 12.2. The molecule has 0 bridgehead atoms. The number of halogens is 2. The molecule has 1 rings (SSSR count). The Labute approximate surface area is 88.4 Å². The molecule has 0 aliphatic heterocycles. The number of alkyl halides is 2. The average molecular weight is 249 g/mol. The molecule has 0 radical (unpaired) electrons. The monoisotopic (exact) mass is 249 g/mol. The third-order valence-electron chi connectivity index (χ3n) is 1.64. The highest BCUT2D eigenvalue weighted by Gasteiger charge is 2.22. The van der Waals surface area contributed by atoms with Crippen molar-refractivity contribution in [2.75, 3.05) is 0 Å². The third-order valence-corrected chi connectivity index (χ3v) is 2.61. The van der Waals surface area contributed by atoms with E-state index in [1.54, 1.807) is 0 Å². The van der Waals surface area contributed by atoms with E-state index in [0.717, 1.165) is 0 Å². The van der Waals surface area contributed by atoms with Crippen LogP contribution in [0.5, 0.6) is 0 Å². The molecule has 0 saturated heterocycles. The van der Waals surface area contributed by atoms with Crippen LogP contribution < -0.4 is 10.6 Å². The van der Waals surface area contributed by atoms with Crippen LogP contribution in [0, 0.1) is 11.3 Å². The van der Waals surface area contributed by atoms with E-state index < -0.39 is 38.2 Å². The molecule has 1 aromatic heterocycles. The van der Waals surface area contributed by atoms with Crippen molar-refractivity contribution >= 4 is 10.0 Å². The largest absolute Gasteiger partial charge is 0.344 e. The van der Waals surface area contributed by atoms with Gasteiger partial charge in [0.15, 0.2) is 4.90 Å². The molecule has 0 spiro atoms. The fourth-order valence-electron chi connectivity index (χ4n) is 1.05. The number of sulfonamides is 1. The number of nitriles is 1. The topological polar surface area (TPSA) is 117 Å². The van der Waals surface area contributed by atoms with Gasteiger partial charge in [-0.15, -0.1) is 0 Å². The lowest BCUT2D eigenvalue weighted by Gasteiger charge is -2.04. The van der Waals surface area contributed by atoms with Crippen molar-refractivity contribution in [3.05, 3.63) is 27.7 Å². The molecule has 0 unspecified atom stereocenters. The summed E-state index contributed by atoms with van der Waals surface area (Å²) in [5.74, 6) is 0. The highest BCUT2D eigenvalue weighted by atomic mass is 32.2. The second-order valence-electron chi connectivity index (χ2n) is 2.75. The van der Waals surface area contributed by atoms with Gasteiger partial charge in [-0.25, -0.2) is 22.3 Å². The molecule has 0 amide bonds. The van der Waals surface area contributed by atoms with Gasteiger partial charge in [0, 0.05) is 6.07 Å². The van der Waals surface area contributed by atoms with E-state index in [-0.39, 0.29) is 0 Å². The fraction of sp³-hybridized carbons (Fsp3) is 0.143. The molecule has 16 heavy (non-hydrogen) atoms. The number of pyridine rings is 1. The van der Waals surface area contributed by atoms with Gasteiger partial charge >= 0.3 is 0 Å². The first-order chi connectivity index (χ1) is 7.27. The molecule has 9 heteroatoms. The summed E-state index contributed by atoms with van der Waals surface area (Å²) in [4.78, 5) is 12.0. The molecule has 6 nitrogen and oxygen atoms in total. The van der Waals surface area contributed by atoms with Gasteiger partial charge in [-0.05, 0) is 0 Å². The Morgan fingerprint density at radius 2 is 2.06 bits per heavy atom. The van der Waals surface area contributed by atoms with E-state index in [2.05, 4.69) is 5.14 Å². The first-order valence-corrected chi connectivity index (χ1v) is 5.30. The van der Waals surface area contributed by atoms with E-state index >= 15 is 0 Å². The van der Waals surface area contributed by atoms with Crippen molar-refractivity contribution in [3.63, 3.8) is 0 Å². The second kappa shape index (κ2) is 3.99. The van der Waals surface area contributed by atoms with E-state index in [1.165, 1.54) is 6.07 Å². The number of aromatic amines is 1. The molecule has 0 fully saturated rings. The normalized spacial score (nSPS) is 11.4.